The summed E-state index contributed by atoms with van der Waals surface area (Å²) in [7, 11) is 1.84. The van der Waals surface area contributed by atoms with Gasteiger partial charge in [0.2, 0.25) is 5.91 Å². The van der Waals surface area contributed by atoms with E-state index in [-0.39, 0.29) is 23.8 Å². The Morgan fingerprint density at radius 2 is 1.79 bits per heavy atom. The third-order valence-electron chi connectivity index (χ3n) is 3.85. The van der Waals surface area contributed by atoms with Crippen LogP contribution in [-0.2, 0) is 4.79 Å². The lowest BCUT2D eigenvalue weighted by atomic mass is 9.93. The minimum atomic E-state index is -0.134. The van der Waals surface area contributed by atoms with Crippen LogP contribution in [0.25, 0.3) is 0 Å². The maximum absolute atomic E-state index is 12.1. The van der Waals surface area contributed by atoms with Gasteiger partial charge in [0, 0.05) is 36.5 Å². The zero-order valence-corrected chi connectivity index (χ0v) is 12.8. The van der Waals surface area contributed by atoms with Crippen LogP contribution in [0.4, 0.5) is 0 Å². The summed E-state index contributed by atoms with van der Waals surface area (Å²) >= 11 is 5.89. The molecule has 19 heavy (non-hydrogen) atoms. The fourth-order valence-corrected chi connectivity index (χ4v) is 2.16. The van der Waals surface area contributed by atoms with Crippen molar-refractivity contribution < 1.29 is 4.79 Å². The highest BCUT2D eigenvalue weighted by Gasteiger charge is 2.25. The van der Waals surface area contributed by atoms with Gasteiger partial charge in [-0.25, -0.2) is 0 Å². The molecule has 0 spiro atoms. The molecule has 2 N–H and O–H groups in total. The van der Waals surface area contributed by atoms with Gasteiger partial charge in [-0.3, -0.25) is 4.79 Å². The molecule has 0 radical (unpaired) electrons. The lowest BCUT2D eigenvalue weighted by Crippen LogP contribution is -2.42. The molecule has 4 heteroatoms. The average Bonchev–Trinajstić information content (AvgIpc) is 2.44. The predicted molar refractivity (Wildman–Crippen MR) is 80.3 cm³/mol. The van der Waals surface area contributed by atoms with E-state index in [0.717, 1.165) is 5.02 Å². The second-order valence-electron chi connectivity index (χ2n) is 5.17. The summed E-state index contributed by atoms with van der Waals surface area (Å²) < 4.78 is 0. The van der Waals surface area contributed by atoms with Crippen LogP contribution in [0.1, 0.15) is 32.3 Å². The van der Waals surface area contributed by atoms with Crippen molar-refractivity contribution in [1.82, 2.24) is 4.90 Å². The first kappa shape index (κ1) is 16.0. The van der Waals surface area contributed by atoms with E-state index in [1.54, 1.807) is 4.90 Å². The number of benzene rings is 1. The molecule has 0 saturated heterocycles. The molecule has 0 aliphatic carbocycles. The normalized spacial score (nSPS) is 15.7. The molecule has 0 heterocycles. The number of nitrogens with zero attached hydrogens (tertiary/aromatic N) is 1. The summed E-state index contributed by atoms with van der Waals surface area (Å²) in [6.07, 6.45) is 0. The summed E-state index contributed by atoms with van der Waals surface area (Å²) in [6, 6.07) is 7.89. The Labute approximate surface area is 120 Å². The van der Waals surface area contributed by atoms with E-state index in [1.807, 2.05) is 38.2 Å². The van der Waals surface area contributed by atoms with Gasteiger partial charge in [0.15, 0.2) is 0 Å². The molecule has 106 valence electrons. The molecular weight excluding hydrogens is 260 g/mol. The number of halogens is 1. The van der Waals surface area contributed by atoms with Gasteiger partial charge < -0.3 is 10.6 Å². The van der Waals surface area contributed by atoms with Gasteiger partial charge >= 0.3 is 0 Å². The summed E-state index contributed by atoms with van der Waals surface area (Å²) in [4.78, 5) is 13.9. The molecule has 0 saturated carbocycles. The minimum absolute atomic E-state index is 0.0933. The van der Waals surface area contributed by atoms with Gasteiger partial charge in [-0.05, 0) is 24.6 Å². The number of likely N-dealkylation sites (N-methyl/N-ethyl adjacent to an activating group) is 1. The minimum Gasteiger partial charge on any atom is -0.342 e. The Balaban J connectivity index is 2.78. The number of carbonyl (C=O) groups excluding carboxylic acids is 1. The van der Waals surface area contributed by atoms with Gasteiger partial charge in [0.05, 0.1) is 0 Å². The average molecular weight is 283 g/mol. The quantitative estimate of drug-likeness (QED) is 0.903. The molecule has 1 aromatic rings. The fourth-order valence-electron chi connectivity index (χ4n) is 2.03. The van der Waals surface area contributed by atoms with Crippen molar-refractivity contribution in [3.63, 3.8) is 0 Å². The van der Waals surface area contributed by atoms with Crippen molar-refractivity contribution in [3.8, 4) is 0 Å². The largest absolute Gasteiger partial charge is 0.342 e. The molecule has 1 rings (SSSR count). The maximum Gasteiger partial charge on any atom is 0.226 e. The Morgan fingerprint density at radius 1 is 1.26 bits per heavy atom. The Hall–Kier alpha value is -1.06. The zero-order chi connectivity index (χ0) is 14.6. The number of hydrogen-bond donors (Lipinski definition) is 1. The second-order valence-corrected chi connectivity index (χ2v) is 5.60. The lowest BCUT2D eigenvalue weighted by Gasteiger charge is -2.32. The second kappa shape index (κ2) is 6.92. The third kappa shape index (κ3) is 3.95. The Bertz CT molecular complexity index is 419. The van der Waals surface area contributed by atoms with Crippen molar-refractivity contribution in [2.45, 2.75) is 32.7 Å². The van der Waals surface area contributed by atoms with Crippen LogP contribution in [0.15, 0.2) is 24.3 Å². The van der Waals surface area contributed by atoms with Crippen LogP contribution < -0.4 is 5.73 Å². The third-order valence-corrected chi connectivity index (χ3v) is 4.11. The molecule has 1 amide bonds. The van der Waals surface area contributed by atoms with E-state index in [2.05, 4.69) is 13.8 Å². The van der Waals surface area contributed by atoms with Crippen LogP contribution in [0.5, 0.6) is 0 Å². The van der Waals surface area contributed by atoms with E-state index in [9.17, 15) is 4.79 Å². The summed E-state index contributed by atoms with van der Waals surface area (Å²) in [5, 5.41) is 0.727. The molecule has 0 aromatic heterocycles. The monoisotopic (exact) mass is 282 g/mol. The van der Waals surface area contributed by atoms with E-state index in [4.69, 9.17) is 17.3 Å². The topological polar surface area (TPSA) is 46.3 Å². The van der Waals surface area contributed by atoms with Crippen LogP contribution in [0.3, 0.4) is 0 Å². The summed E-state index contributed by atoms with van der Waals surface area (Å²) in [5.74, 6) is 0.205. The standard InChI is InChI=1S/C15H23ClN2O/c1-10(9-17)15(19)18(4)12(3)11(2)13-5-7-14(16)8-6-13/h5-8,10-12H,9,17H2,1-4H3. The van der Waals surface area contributed by atoms with Crippen molar-refractivity contribution in [3.05, 3.63) is 34.9 Å². The number of nitrogens with two attached hydrogens (primary N) is 1. The van der Waals surface area contributed by atoms with Crippen LogP contribution in [-0.4, -0.2) is 30.4 Å². The van der Waals surface area contributed by atoms with Crippen LogP contribution >= 0.6 is 11.6 Å². The van der Waals surface area contributed by atoms with E-state index in [0.29, 0.717) is 6.54 Å². The van der Waals surface area contributed by atoms with Crippen molar-refractivity contribution in [1.29, 1.82) is 0 Å². The first-order chi connectivity index (χ1) is 8.88. The number of carbonyl (C=O) groups is 1. The highest BCUT2D eigenvalue weighted by atomic mass is 35.5. The number of amides is 1. The molecule has 3 atom stereocenters. The van der Waals surface area contributed by atoms with Gasteiger partial charge in [-0.2, -0.15) is 0 Å². The van der Waals surface area contributed by atoms with Crippen molar-refractivity contribution >= 4 is 17.5 Å². The van der Waals surface area contributed by atoms with Gasteiger partial charge in [-0.15, -0.1) is 0 Å². The zero-order valence-electron chi connectivity index (χ0n) is 12.1. The lowest BCUT2D eigenvalue weighted by molar-refractivity contribution is -0.135. The number of rotatable bonds is 5. The van der Waals surface area contributed by atoms with E-state index in [1.165, 1.54) is 5.56 Å². The van der Waals surface area contributed by atoms with Gasteiger partial charge in [0.1, 0.15) is 0 Å². The smallest absolute Gasteiger partial charge is 0.226 e. The fraction of sp³-hybridized carbons (Fsp3) is 0.533. The van der Waals surface area contributed by atoms with Crippen molar-refractivity contribution in [2.24, 2.45) is 11.7 Å². The first-order valence-electron chi connectivity index (χ1n) is 6.60. The molecule has 3 unspecified atom stereocenters. The molecule has 0 fully saturated rings. The molecule has 3 nitrogen and oxygen atoms in total. The van der Waals surface area contributed by atoms with E-state index < -0.39 is 0 Å². The summed E-state index contributed by atoms with van der Waals surface area (Å²) in [6.45, 7) is 6.41. The molecule has 0 aliphatic heterocycles. The molecular formula is C15H23ClN2O. The maximum atomic E-state index is 12.1. The molecule has 0 bridgehead atoms. The highest BCUT2D eigenvalue weighted by Crippen LogP contribution is 2.24. The Morgan fingerprint density at radius 3 is 2.26 bits per heavy atom. The number of hydrogen-bond acceptors (Lipinski definition) is 2. The first-order valence-corrected chi connectivity index (χ1v) is 6.98. The van der Waals surface area contributed by atoms with E-state index >= 15 is 0 Å². The van der Waals surface area contributed by atoms with Crippen LogP contribution in [0, 0.1) is 5.92 Å². The molecule has 0 aliphatic rings. The molecule has 1 aromatic carbocycles. The summed E-state index contributed by atoms with van der Waals surface area (Å²) in [5.41, 5.74) is 6.73. The predicted octanol–water partition coefficient (Wildman–Crippen LogP) is 2.89. The van der Waals surface area contributed by atoms with Gasteiger partial charge in [-0.1, -0.05) is 37.6 Å². The van der Waals surface area contributed by atoms with Crippen molar-refractivity contribution in [2.75, 3.05) is 13.6 Å². The van der Waals surface area contributed by atoms with Crippen LogP contribution in [0.2, 0.25) is 5.02 Å². The van der Waals surface area contributed by atoms with Gasteiger partial charge in [0.25, 0.3) is 0 Å². The SMILES string of the molecule is CC(CN)C(=O)N(C)C(C)C(C)c1ccc(Cl)cc1. The highest BCUT2D eigenvalue weighted by molar-refractivity contribution is 6.30. The Kier molecular flexibility index (Phi) is 5.83.